The van der Waals surface area contributed by atoms with Crippen molar-refractivity contribution in [3.05, 3.63) is 39.6 Å². The van der Waals surface area contributed by atoms with Crippen molar-refractivity contribution in [3.8, 4) is 0 Å². The van der Waals surface area contributed by atoms with E-state index in [1.807, 2.05) is 13.1 Å². The maximum Gasteiger partial charge on any atom is 0.176 e. The summed E-state index contributed by atoms with van der Waals surface area (Å²) >= 11 is 3.51. The lowest BCUT2D eigenvalue weighted by atomic mass is 9.99. The summed E-state index contributed by atoms with van der Waals surface area (Å²) in [7, 11) is 3.72. The van der Waals surface area contributed by atoms with Crippen molar-refractivity contribution in [2.24, 2.45) is 7.05 Å². The van der Waals surface area contributed by atoms with Crippen LogP contribution in [0.25, 0.3) is 0 Å². The summed E-state index contributed by atoms with van der Waals surface area (Å²) in [5.41, 5.74) is 2.50. The van der Waals surface area contributed by atoms with Crippen LogP contribution in [0.3, 0.4) is 0 Å². The molecule has 0 spiro atoms. The largest absolute Gasteiger partial charge is 0.313 e. The summed E-state index contributed by atoms with van der Waals surface area (Å²) in [5, 5.41) is 15.4. The molecule has 0 aliphatic heterocycles. The summed E-state index contributed by atoms with van der Waals surface area (Å²) in [6, 6.07) is 6.47. The lowest BCUT2D eigenvalue weighted by Crippen LogP contribution is -2.20. The monoisotopic (exact) mass is 309 g/mol. The number of hydrogen-bond donors (Lipinski definition) is 1. The van der Waals surface area contributed by atoms with E-state index in [1.54, 1.807) is 7.05 Å². The molecule has 6 heteroatoms. The average molecular weight is 310 g/mol. The van der Waals surface area contributed by atoms with Gasteiger partial charge in [0.2, 0.25) is 0 Å². The summed E-state index contributed by atoms with van der Waals surface area (Å²) in [6.07, 6.45) is 0.724. The highest BCUT2D eigenvalue weighted by atomic mass is 79.9. The molecule has 0 aliphatic carbocycles. The van der Waals surface area contributed by atoms with Gasteiger partial charge in [0.25, 0.3) is 0 Å². The van der Waals surface area contributed by atoms with Crippen LogP contribution in [-0.2, 0) is 13.5 Å². The molecule has 1 aromatic carbocycles. The van der Waals surface area contributed by atoms with E-state index < -0.39 is 0 Å². The first-order valence-corrected chi connectivity index (χ1v) is 6.55. The van der Waals surface area contributed by atoms with E-state index in [1.165, 1.54) is 15.9 Å². The number of tetrazole rings is 1. The van der Waals surface area contributed by atoms with Gasteiger partial charge in [-0.15, -0.1) is 10.2 Å². The maximum atomic E-state index is 4.22. The molecule has 0 bridgehead atoms. The number of rotatable bonds is 4. The third-order valence-corrected chi connectivity index (χ3v) is 3.39. The van der Waals surface area contributed by atoms with Gasteiger partial charge in [-0.2, -0.15) is 4.80 Å². The fraction of sp³-hybridized carbons (Fsp3) is 0.417. The molecule has 1 atom stereocenters. The molecule has 0 fully saturated rings. The molecule has 0 amide bonds. The highest BCUT2D eigenvalue weighted by Crippen LogP contribution is 2.24. The topological polar surface area (TPSA) is 55.6 Å². The van der Waals surface area contributed by atoms with Crippen LogP contribution in [0.4, 0.5) is 0 Å². The Bertz CT molecular complexity index is 537. The zero-order valence-electron chi connectivity index (χ0n) is 10.7. The molecule has 18 heavy (non-hydrogen) atoms. The van der Waals surface area contributed by atoms with Crippen molar-refractivity contribution in [1.82, 2.24) is 25.5 Å². The van der Waals surface area contributed by atoms with Crippen molar-refractivity contribution in [2.75, 3.05) is 7.05 Å². The Balaban J connectivity index is 2.25. The molecule has 1 unspecified atom stereocenters. The van der Waals surface area contributed by atoms with E-state index in [4.69, 9.17) is 0 Å². The van der Waals surface area contributed by atoms with Crippen LogP contribution in [0.5, 0.6) is 0 Å². The standard InChI is InChI=1S/C12H16BrN5/c1-8-4-5-9(13)6-10(8)11(14-2)7-12-15-17-18(3)16-12/h4-6,11,14H,7H2,1-3H3. The third kappa shape index (κ3) is 2.94. The Morgan fingerprint density at radius 1 is 1.44 bits per heavy atom. The van der Waals surface area contributed by atoms with E-state index in [-0.39, 0.29) is 6.04 Å². The highest BCUT2D eigenvalue weighted by molar-refractivity contribution is 9.10. The summed E-state index contributed by atoms with van der Waals surface area (Å²) in [4.78, 5) is 1.48. The second kappa shape index (κ2) is 5.58. The van der Waals surface area contributed by atoms with Gasteiger partial charge in [-0.25, -0.2) is 0 Å². The van der Waals surface area contributed by atoms with Gasteiger partial charge >= 0.3 is 0 Å². The first-order chi connectivity index (χ1) is 8.60. The molecule has 0 saturated heterocycles. The van der Waals surface area contributed by atoms with Gasteiger partial charge in [-0.05, 0) is 42.4 Å². The zero-order chi connectivity index (χ0) is 13.1. The first-order valence-electron chi connectivity index (χ1n) is 5.76. The number of benzene rings is 1. The smallest absolute Gasteiger partial charge is 0.176 e. The minimum atomic E-state index is 0.187. The second-order valence-electron chi connectivity index (χ2n) is 4.24. The molecule has 0 radical (unpaired) electrons. The minimum absolute atomic E-state index is 0.187. The van der Waals surface area contributed by atoms with Crippen LogP contribution in [0.15, 0.2) is 22.7 Å². The average Bonchev–Trinajstić information content (AvgIpc) is 2.75. The summed E-state index contributed by atoms with van der Waals surface area (Å²) in [6.45, 7) is 2.11. The molecule has 0 saturated carbocycles. The number of hydrogen-bond acceptors (Lipinski definition) is 4. The van der Waals surface area contributed by atoms with Gasteiger partial charge in [0, 0.05) is 16.9 Å². The Hall–Kier alpha value is -1.27. The van der Waals surface area contributed by atoms with E-state index in [0.717, 1.165) is 16.7 Å². The summed E-state index contributed by atoms with van der Waals surface area (Å²) < 4.78 is 1.08. The van der Waals surface area contributed by atoms with E-state index in [9.17, 15) is 0 Å². The van der Waals surface area contributed by atoms with E-state index >= 15 is 0 Å². The molecule has 1 heterocycles. The van der Waals surface area contributed by atoms with Crippen LogP contribution in [0.1, 0.15) is 23.0 Å². The first kappa shape index (κ1) is 13.2. The van der Waals surface area contributed by atoms with E-state index in [0.29, 0.717) is 0 Å². The Morgan fingerprint density at radius 3 is 2.83 bits per heavy atom. The predicted molar refractivity (Wildman–Crippen MR) is 73.2 cm³/mol. The van der Waals surface area contributed by atoms with Crippen molar-refractivity contribution < 1.29 is 0 Å². The molecule has 5 nitrogen and oxygen atoms in total. The van der Waals surface area contributed by atoms with Gasteiger partial charge in [-0.1, -0.05) is 22.0 Å². The van der Waals surface area contributed by atoms with Gasteiger partial charge < -0.3 is 5.32 Å². The SMILES string of the molecule is CNC(Cc1nnn(C)n1)c1cc(Br)ccc1C. The van der Waals surface area contributed by atoms with Crippen LogP contribution in [0.2, 0.25) is 0 Å². The number of likely N-dealkylation sites (N-methyl/N-ethyl adjacent to an activating group) is 1. The number of aromatic nitrogens is 4. The molecule has 1 aromatic heterocycles. The van der Waals surface area contributed by atoms with Gasteiger partial charge in [0.1, 0.15) is 0 Å². The molecule has 96 valence electrons. The van der Waals surface area contributed by atoms with Crippen molar-refractivity contribution in [2.45, 2.75) is 19.4 Å². The fourth-order valence-corrected chi connectivity index (χ4v) is 2.32. The highest BCUT2D eigenvalue weighted by Gasteiger charge is 2.15. The minimum Gasteiger partial charge on any atom is -0.313 e. The zero-order valence-corrected chi connectivity index (χ0v) is 12.3. The lowest BCUT2D eigenvalue weighted by Gasteiger charge is -2.17. The number of nitrogens with zero attached hydrogens (tertiary/aromatic N) is 4. The normalized spacial score (nSPS) is 12.7. The molecular weight excluding hydrogens is 294 g/mol. The van der Waals surface area contributed by atoms with E-state index in [2.05, 4.69) is 55.7 Å². The summed E-state index contributed by atoms with van der Waals surface area (Å²) in [5.74, 6) is 0.747. The van der Waals surface area contributed by atoms with Crippen LogP contribution in [0, 0.1) is 6.92 Å². The van der Waals surface area contributed by atoms with Crippen molar-refractivity contribution in [3.63, 3.8) is 0 Å². The predicted octanol–water partition coefficient (Wildman–Crippen LogP) is 1.78. The Kier molecular flexibility index (Phi) is 4.08. The van der Waals surface area contributed by atoms with Gasteiger partial charge in [0.05, 0.1) is 7.05 Å². The van der Waals surface area contributed by atoms with Crippen molar-refractivity contribution >= 4 is 15.9 Å². The molecular formula is C12H16BrN5. The molecule has 2 rings (SSSR count). The quantitative estimate of drug-likeness (QED) is 0.935. The van der Waals surface area contributed by atoms with Gasteiger partial charge in [0.15, 0.2) is 5.82 Å². The van der Waals surface area contributed by atoms with Gasteiger partial charge in [-0.3, -0.25) is 0 Å². The second-order valence-corrected chi connectivity index (χ2v) is 5.16. The van der Waals surface area contributed by atoms with Crippen LogP contribution in [-0.4, -0.2) is 27.3 Å². The number of aryl methyl sites for hydroxylation is 2. The lowest BCUT2D eigenvalue weighted by molar-refractivity contribution is 0.567. The Morgan fingerprint density at radius 2 is 2.22 bits per heavy atom. The fourth-order valence-electron chi connectivity index (χ4n) is 1.94. The maximum absolute atomic E-state index is 4.22. The molecule has 0 aliphatic rings. The number of halogens is 1. The molecule has 1 N–H and O–H groups in total. The van der Waals surface area contributed by atoms with Crippen molar-refractivity contribution in [1.29, 1.82) is 0 Å². The number of nitrogens with one attached hydrogen (secondary N) is 1. The molecule has 2 aromatic rings. The van der Waals surface area contributed by atoms with Crippen LogP contribution >= 0.6 is 15.9 Å². The van der Waals surface area contributed by atoms with Crippen LogP contribution < -0.4 is 5.32 Å². The third-order valence-electron chi connectivity index (χ3n) is 2.90. The Labute approximate surface area is 115 Å².